The van der Waals surface area contributed by atoms with E-state index in [0.717, 1.165) is 34.8 Å². The lowest BCUT2D eigenvalue weighted by Gasteiger charge is -2.04. The van der Waals surface area contributed by atoms with E-state index < -0.39 is 11.6 Å². The van der Waals surface area contributed by atoms with Crippen molar-refractivity contribution in [2.75, 3.05) is 12.4 Å². The number of carbonyl (C=O) groups is 1. The van der Waals surface area contributed by atoms with Gasteiger partial charge in [-0.1, -0.05) is 23.5 Å². The van der Waals surface area contributed by atoms with Crippen LogP contribution in [0.1, 0.15) is 12.0 Å². The van der Waals surface area contributed by atoms with Crippen LogP contribution in [0.2, 0.25) is 0 Å². The molecule has 124 valence electrons. The van der Waals surface area contributed by atoms with Gasteiger partial charge in [0.2, 0.25) is 5.91 Å². The van der Waals surface area contributed by atoms with E-state index in [1.165, 1.54) is 0 Å². The van der Waals surface area contributed by atoms with Crippen molar-refractivity contribution in [1.29, 1.82) is 0 Å². The number of nitrogens with zero attached hydrogens (tertiary/aromatic N) is 1. The molecular weight excluding hydrogens is 334 g/mol. The smallest absolute Gasteiger partial charge is 0.226 e. The molecule has 4 nitrogen and oxygen atoms in total. The van der Waals surface area contributed by atoms with Crippen molar-refractivity contribution in [3.05, 3.63) is 53.6 Å². The Morgan fingerprint density at radius 3 is 2.83 bits per heavy atom. The topological polar surface area (TPSA) is 51.2 Å². The van der Waals surface area contributed by atoms with Crippen LogP contribution in [0.4, 0.5) is 13.9 Å². The number of halogens is 2. The fraction of sp³-hybridized carbons (Fsp3) is 0.176. The average Bonchev–Trinajstić information content (AvgIpc) is 2.94. The zero-order valence-electron chi connectivity index (χ0n) is 12.8. The highest BCUT2D eigenvalue weighted by Gasteiger charge is 2.11. The molecule has 1 amide bonds. The van der Waals surface area contributed by atoms with Crippen LogP contribution in [-0.2, 0) is 11.2 Å². The third-order valence-electron chi connectivity index (χ3n) is 3.45. The molecule has 1 N–H and O–H groups in total. The molecule has 0 unspecified atom stereocenters. The number of aryl methyl sites for hydroxylation is 1. The van der Waals surface area contributed by atoms with Crippen molar-refractivity contribution in [2.45, 2.75) is 12.8 Å². The molecule has 0 radical (unpaired) electrons. The van der Waals surface area contributed by atoms with E-state index in [4.69, 9.17) is 4.74 Å². The molecule has 0 bridgehead atoms. The van der Waals surface area contributed by atoms with Gasteiger partial charge < -0.3 is 10.1 Å². The molecule has 7 heteroatoms. The number of carbonyl (C=O) groups excluding carboxylic acids is 1. The molecule has 0 aliphatic heterocycles. The number of fused-ring (bicyclic) bond motifs is 1. The average molecular weight is 348 g/mol. The van der Waals surface area contributed by atoms with E-state index in [2.05, 4.69) is 10.3 Å². The molecule has 0 atom stereocenters. The Hall–Kier alpha value is -2.54. The monoisotopic (exact) mass is 348 g/mol. The summed E-state index contributed by atoms with van der Waals surface area (Å²) in [6.07, 6.45) is 0.822. The lowest BCUT2D eigenvalue weighted by Crippen LogP contribution is -2.12. The van der Waals surface area contributed by atoms with Crippen LogP contribution in [0.25, 0.3) is 10.2 Å². The first kappa shape index (κ1) is 16.3. The number of anilines is 1. The van der Waals surface area contributed by atoms with E-state index in [1.54, 1.807) is 7.11 Å². The van der Waals surface area contributed by atoms with Crippen molar-refractivity contribution in [3.8, 4) is 5.75 Å². The number of amides is 1. The largest absolute Gasteiger partial charge is 0.497 e. The Bertz CT molecular complexity index is 856. The Morgan fingerprint density at radius 1 is 1.25 bits per heavy atom. The van der Waals surface area contributed by atoms with Crippen molar-refractivity contribution in [2.24, 2.45) is 0 Å². The summed E-state index contributed by atoms with van der Waals surface area (Å²) in [5.41, 5.74) is 1.31. The minimum atomic E-state index is -0.955. The summed E-state index contributed by atoms with van der Waals surface area (Å²) in [5, 5.41) is 2.99. The van der Waals surface area contributed by atoms with Crippen molar-refractivity contribution in [1.82, 2.24) is 4.98 Å². The van der Waals surface area contributed by atoms with Gasteiger partial charge in [-0.05, 0) is 30.2 Å². The molecule has 0 aliphatic carbocycles. The van der Waals surface area contributed by atoms with Gasteiger partial charge in [-0.25, -0.2) is 13.8 Å². The van der Waals surface area contributed by atoms with Gasteiger partial charge in [-0.15, -0.1) is 0 Å². The number of hydrogen-bond donors (Lipinski definition) is 1. The molecule has 3 aromatic rings. The molecule has 1 aromatic heterocycles. The quantitative estimate of drug-likeness (QED) is 0.753. The Labute approximate surface area is 141 Å². The summed E-state index contributed by atoms with van der Waals surface area (Å²) in [6, 6.07) is 9.59. The van der Waals surface area contributed by atoms with Crippen LogP contribution in [0, 0.1) is 11.6 Å². The van der Waals surface area contributed by atoms with Gasteiger partial charge in [-0.2, -0.15) is 0 Å². The number of rotatable bonds is 5. The lowest BCUT2D eigenvalue weighted by molar-refractivity contribution is -0.116. The van der Waals surface area contributed by atoms with E-state index in [-0.39, 0.29) is 12.3 Å². The molecule has 24 heavy (non-hydrogen) atoms. The summed E-state index contributed by atoms with van der Waals surface area (Å²) in [4.78, 5) is 16.1. The molecule has 0 saturated carbocycles. The Balaban J connectivity index is 1.64. The predicted molar refractivity (Wildman–Crippen MR) is 89.5 cm³/mol. The normalized spacial score (nSPS) is 10.8. The maximum absolute atomic E-state index is 13.2. The lowest BCUT2D eigenvalue weighted by atomic mass is 10.1. The number of thiazole rings is 1. The third-order valence-corrected chi connectivity index (χ3v) is 4.39. The molecule has 3 rings (SSSR count). The minimum Gasteiger partial charge on any atom is -0.497 e. The Morgan fingerprint density at radius 2 is 2.04 bits per heavy atom. The summed E-state index contributed by atoms with van der Waals surface area (Å²) >= 11 is 1.11. The van der Waals surface area contributed by atoms with E-state index in [0.29, 0.717) is 21.8 Å². The second-order valence-corrected chi connectivity index (χ2v) is 6.18. The van der Waals surface area contributed by atoms with E-state index >= 15 is 0 Å². The highest BCUT2D eigenvalue weighted by Crippen LogP contribution is 2.28. The number of methoxy groups -OCH3 is 1. The summed E-state index contributed by atoms with van der Waals surface area (Å²) < 4.78 is 32.0. The molecule has 0 saturated heterocycles. The Kier molecular flexibility index (Phi) is 4.71. The molecule has 1 heterocycles. The van der Waals surface area contributed by atoms with Crippen LogP contribution in [-0.4, -0.2) is 18.0 Å². The number of ether oxygens (including phenoxy) is 1. The number of benzene rings is 2. The molecular formula is C17H14F2N2O2S. The molecule has 0 spiro atoms. The highest BCUT2D eigenvalue weighted by atomic mass is 32.1. The van der Waals surface area contributed by atoms with Crippen LogP contribution >= 0.6 is 11.3 Å². The van der Waals surface area contributed by atoms with Gasteiger partial charge in [0.15, 0.2) is 16.8 Å². The van der Waals surface area contributed by atoms with Crippen molar-refractivity contribution >= 4 is 32.6 Å². The number of nitrogens with one attached hydrogen (secondary N) is 1. The van der Waals surface area contributed by atoms with Crippen LogP contribution < -0.4 is 10.1 Å². The molecule has 0 fully saturated rings. The van der Waals surface area contributed by atoms with Crippen LogP contribution in [0.5, 0.6) is 5.75 Å². The summed E-state index contributed by atoms with van der Waals surface area (Å²) in [5.74, 6) is -1.35. The molecule has 0 aliphatic rings. The summed E-state index contributed by atoms with van der Waals surface area (Å²) in [7, 11) is 1.59. The first-order valence-electron chi connectivity index (χ1n) is 7.23. The third kappa shape index (κ3) is 3.68. The van der Waals surface area contributed by atoms with Crippen LogP contribution in [0.15, 0.2) is 36.4 Å². The fourth-order valence-electron chi connectivity index (χ4n) is 2.24. The van der Waals surface area contributed by atoms with Crippen LogP contribution in [0.3, 0.4) is 0 Å². The van der Waals surface area contributed by atoms with Gasteiger partial charge in [0.1, 0.15) is 5.75 Å². The first-order chi connectivity index (χ1) is 11.5. The van der Waals surface area contributed by atoms with Gasteiger partial charge in [0.25, 0.3) is 0 Å². The van der Waals surface area contributed by atoms with Crippen molar-refractivity contribution < 1.29 is 18.3 Å². The fourth-order valence-corrected chi connectivity index (χ4v) is 3.13. The van der Waals surface area contributed by atoms with Gasteiger partial charge in [0.05, 0.1) is 17.3 Å². The van der Waals surface area contributed by atoms with Crippen molar-refractivity contribution in [3.63, 3.8) is 0 Å². The maximum Gasteiger partial charge on any atom is 0.226 e. The maximum atomic E-state index is 13.2. The zero-order chi connectivity index (χ0) is 17.1. The first-order valence-corrected chi connectivity index (χ1v) is 8.05. The van der Waals surface area contributed by atoms with Gasteiger partial charge in [-0.3, -0.25) is 4.79 Å². The highest BCUT2D eigenvalue weighted by molar-refractivity contribution is 7.22. The van der Waals surface area contributed by atoms with Gasteiger partial charge >= 0.3 is 0 Å². The second-order valence-electron chi connectivity index (χ2n) is 5.15. The van der Waals surface area contributed by atoms with Gasteiger partial charge in [0, 0.05) is 12.5 Å². The predicted octanol–water partition coefficient (Wildman–Crippen LogP) is 4.15. The minimum absolute atomic E-state index is 0.210. The number of aromatic nitrogens is 1. The SMILES string of the molecule is COc1cccc(CCC(=O)Nc2nc3cc(F)c(F)cc3s2)c1. The summed E-state index contributed by atoms with van der Waals surface area (Å²) in [6.45, 7) is 0. The standard InChI is InChI=1S/C17H14F2N2O2S/c1-23-11-4-2-3-10(7-11)5-6-16(22)21-17-20-14-8-12(18)13(19)9-15(14)24-17/h2-4,7-9H,5-6H2,1H3,(H,20,21,22). The number of hydrogen-bond acceptors (Lipinski definition) is 4. The second kappa shape index (κ2) is 6.92. The van der Waals surface area contributed by atoms with E-state index in [9.17, 15) is 13.6 Å². The van der Waals surface area contributed by atoms with E-state index in [1.807, 2.05) is 24.3 Å². The zero-order valence-corrected chi connectivity index (χ0v) is 13.6. The molecule has 2 aromatic carbocycles.